The third-order valence-electron chi connectivity index (χ3n) is 5.18. The van der Waals surface area contributed by atoms with Crippen LogP contribution in [0.3, 0.4) is 0 Å². The van der Waals surface area contributed by atoms with Crippen molar-refractivity contribution in [1.82, 2.24) is 16.0 Å². The average Bonchev–Trinajstić information content (AvgIpc) is 2.55. The van der Waals surface area contributed by atoms with Crippen LogP contribution >= 0.6 is 0 Å². The van der Waals surface area contributed by atoms with E-state index in [1.165, 1.54) is 0 Å². The molecule has 3 unspecified atom stereocenters. The zero-order chi connectivity index (χ0) is 21.8. The summed E-state index contributed by atoms with van der Waals surface area (Å²) >= 11 is 0. The summed E-state index contributed by atoms with van der Waals surface area (Å²) in [5.41, 5.74) is 0.120. The van der Waals surface area contributed by atoms with Gasteiger partial charge in [-0.2, -0.15) is 0 Å². The van der Waals surface area contributed by atoms with Crippen LogP contribution in [0.25, 0.3) is 0 Å². The molecule has 0 heterocycles. The van der Waals surface area contributed by atoms with Crippen LogP contribution in [0.2, 0.25) is 0 Å². The molecule has 0 aromatic carbocycles. The molecule has 3 atom stereocenters. The van der Waals surface area contributed by atoms with Crippen molar-refractivity contribution in [3.05, 3.63) is 0 Å². The van der Waals surface area contributed by atoms with E-state index >= 15 is 0 Å². The fourth-order valence-electron chi connectivity index (χ4n) is 3.82. The second kappa shape index (κ2) is 13.6. The molecule has 168 valence electrons. The molecule has 1 amide bonds. The summed E-state index contributed by atoms with van der Waals surface area (Å²) in [7, 11) is 0. The van der Waals surface area contributed by atoms with E-state index in [-0.39, 0.29) is 28.9 Å². The van der Waals surface area contributed by atoms with Crippen molar-refractivity contribution in [1.29, 1.82) is 0 Å². The lowest BCUT2D eigenvalue weighted by Gasteiger charge is -2.37. The molecule has 5 nitrogen and oxygen atoms in total. The average molecular weight is 400 g/mol. The number of carbonyl (C=O) groups excluding carboxylic acids is 1. The molecule has 28 heavy (non-hydrogen) atoms. The van der Waals surface area contributed by atoms with Crippen LogP contribution in [-0.2, 0) is 4.79 Å². The van der Waals surface area contributed by atoms with Crippen LogP contribution < -0.4 is 16.0 Å². The molecule has 0 aliphatic carbocycles. The van der Waals surface area contributed by atoms with Gasteiger partial charge in [0.2, 0.25) is 5.91 Å². The van der Waals surface area contributed by atoms with E-state index in [0.717, 1.165) is 45.2 Å². The third kappa shape index (κ3) is 14.4. The van der Waals surface area contributed by atoms with Crippen molar-refractivity contribution in [2.75, 3.05) is 19.6 Å². The minimum Gasteiger partial charge on any atom is -0.393 e. The van der Waals surface area contributed by atoms with E-state index in [9.17, 15) is 9.90 Å². The monoisotopic (exact) mass is 399 g/mol. The SMILES string of the molecule is CCCNC(C)CCC(=O)NCCCNC(C)CC(O)C(C)(C)CC(C)(C)C. The largest absolute Gasteiger partial charge is 0.393 e. The first-order valence-electron chi connectivity index (χ1n) is 11.3. The maximum absolute atomic E-state index is 11.9. The molecule has 0 aliphatic rings. The first-order valence-corrected chi connectivity index (χ1v) is 11.3. The zero-order valence-electron chi connectivity index (χ0n) is 20.0. The molecule has 0 aromatic rings. The molecule has 0 rings (SSSR count). The molecule has 0 aliphatic heterocycles. The summed E-state index contributed by atoms with van der Waals surface area (Å²) in [5, 5.41) is 20.5. The number of aliphatic hydroxyl groups is 1. The molecule has 0 saturated heterocycles. The molecule has 0 bridgehead atoms. The van der Waals surface area contributed by atoms with Crippen molar-refractivity contribution >= 4 is 5.91 Å². The topological polar surface area (TPSA) is 73.4 Å². The van der Waals surface area contributed by atoms with Crippen molar-refractivity contribution < 1.29 is 9.90 Å². The van der Waals surface area contributed by atoms with Gasteiger partial charge >= 0.3 is 0 Å². The first kappa shape index (κ1) is 27.4. The highest BCUT2D eigenvalue weighted by atomic mass is 16.3. The Labute approximate surface area is 174 Å². The summed E-state index contributed by atoms with van der Waals surface area (Å²) in [5.74, 6) is 0.137. The molecule has 0 fully saturated rings. The summed E-state index contributed by atoms with van der Waals surface area (Å²) in [4.78, 5) is 11.9. The van der Waals surface area contributed by atoms with Crippen LogP contribution in [0, 0.1) is 10.8 Å². The van der Waals surface area contributed by atoms with Gasteiger partial charge in [-0.05, 0) is 69.9 Å². The highest BCUT2D eigenvalue weighted by Gasteiger charge is 2.33. The number of nitrogens with one attached hydrogen (secondary N) is 3. The van der Waals surface area contributed by atoms with Crippen LogP contribution in [0.5, 0.6) is 0 Å². The normalized spacial score (nSPS) is 15.9. The Balaban J connectivity index is 3.89. The molecule has 0 spiro atoms. The predicted molar refractivity (Wildman–Crippen MR) is 121 cm³/mol. The van der Waals surface area contributed by atoms with E-state index < -0.39 is 0 Å². The van der Waals surface area contributed by atoms with Crippen LogP contribution in [0.1, 0.15) is 93.9 Å². The van der Waals surface area contributed by atoms with Crippen LogP contribution in [0.4, 0.5) is 0 Å². The lowest BCUT2D eigenvalue weighted by molar-refractivity contribution is -0.121. The molecular formula is C23H49N3O2. The van der Waals surface area contributed by atoms with E-state index in [1.54, 1.807) is 0 Å². The highest BCUT2D eigenvalue weighted by molar-refractivity contribution is 5.75. The first-order chi connectivity index (χ1) is 12.9. The van der Waals surface area contributed by atoms with Gasteiger partial charge in [-0.1, -0.05) is 41.5 Å². The van der Waals surface area contributed by atoms with Gasteiger partial charge in [-0.15, -0.1) is 0 Å². The molecule has 0 radical (unpaired) electrons. The van der Waals surface area contributed by atoms with Gasteiger partial charge in [0.25, 0.3) is 0 Å². The number of rotatable bonds is 15. The smallest absolute Gasteiger partial charge is 0.220 e. The second-order valence-electron chi connectivity index (χ2n) is 10.4. The lowest BCUT2D eigenvalue weighted by atomic mass is 9.72. The highest BCUT2D eigenvalue weighted by Crippen LogP contribution is 2.37. The van der Waals surface area contributed by atoms with E-state index in [2.05, 4.69) is 71.3 Å². The maximum atomic E-state index is 11.9. The maximum Gasteiger partial charge on any atom is 0.220 e. The number of hydrogen-bond donors (Lipinski definition) is 4. The summed E-state index contributed by atoms with van der Waals surface area (Å²) in [6, 6.07) is 0.651. The Kier molecular flexibility index (Phi) is 13.2. The van der Waals surface area contributed by atoms with Crippen molar-refractivity contribution in [3.8, 4) is 0 Å². The van der Waals surface area contributed by atoms with Gasteiger partial charge in [0, 0.05) is 25.0 Å². The Bertz CT molecular complexity index is 419. The number of aliphatic hydroxyl groups excluding tert-OH is 1. The molecular weight excluding hydrogens is 350 g/mol. The number of amides is 1. The van der Waals surface area contributed by atoms with E-state index in [0.29, 0.717) is 19.0 Å². The molecule has 4 N–H and O–H groups in total. The third-order valence-corrected chi connectivity index (χ3v) is 5.18. The Morgan fingerprint density at radius 1 is 0.964 bits per heavy atom. The van der Waals surface area contributed by atoms with Gasteiger partial charge < -0.3 is 21.1 Å². The van der Waals surface area contributed by atoms with Gasteiger partial charge in [0.1, 0.15) is 0 Å². The number of carbonyl (C=O) groups is 1. The van der Waals surface area contributed by atoms with Gasteiger partial charge in [-0.25, -0.2) is 0 Å². The predicted octanol–water partition coefficient (Wildman–Crippen LogP) is 3.85. The zero-order valence-corrected chi connectivity index (χ0v) is 20.0. The Morgan fingerprint density at radius 2 is 1.57 bits per heavy atom. The summed E-state index contributed by atoms with van der Waals surface area (Å²) < 4.78 is 0. The standard InChI is InChI=1S/C23H49N3O2/c1-9-13-24-18(2)11-12-21(28)26-15-10-14-25-19(3)16-20(27)23(7,8)17-22(4,5)6/h18-20,24-25,27H,9-17H2,1-8H3,(H,26,28). The fraction of sp³-hybridized carbons (Fsp3) is 0.957. The fourth-order valence-corrected chi connectivity index (χ4v) is 3.82. The summed E-state index contributed by atoms with van der Waals surface area (Å²) in [6.07, 6.45) is 4.90. The van der Waals surface area contributed by atoms with Crippen LogP contribution in [-0.4, -0.2) is 48.8 Å². The molecule has 0 saturated carbocycles. The van der Waals surface area contributed by atoms with Crippen molar-refractivity contribution in [2.24, 2.45) is 10.8 Å². The van der Waals surface area contributed by atoms with Gasteiger partial charge in [0.15, 0.2) is 0 Å². The molecule has 5 heteroatoms. The van der Waals surface area contributed by atoms with Gasteiger partial charge in [-0.3, -0.25) is 4.79 Å². The van der Waals surface area contributed by atoms with Gasteiger partial charge in [0.05, 0.1) is 6.10 Å². The molecule has 0 aromatic heterocycles. The minimum absolute atomic E-state index is 0.0920. The Hall–Kier alpha value is -0.650. The van der Waals surface area contributed by atoms with E-state index in [4.69, 9.17) is 0 Å². The minimum atomic E-state index is -0.322. The van der Waals surface area contributed by atoms with Crippen LogP contribution in [0.15, 0.2) is 0 Å². The second-order valence-corrected chi connectivity index (χ2v) is 10.4. The number of hydrogen-bond acceptors (Lipinski definition) is 4. The quantitative estimate of drug-likeness (QED) is 0.316. The Morgan fingerprint density at radius 3 is 2.14 bits per heavy atom. The van der Waals surface area contributed by atoms with E-state index in [1.807, 2.05) is 0 Å². The van der Waals surface area contributed by atoms with Crippen molar-refractivity contribution in [3.63, 3.8) is 0 Å². The van der Waals surface area contributed by atoms with Crippen molar-refractivity contribution in [2.45, 2.75) is 112 Å². The summed E-state index contributed by atoms with van der Waals surface area (Å²) in [6.45, 7) is 19.9. The lowest BCUT2D eigenvalue weighted by Crippen LogP contribution is -2.39.